The number of aryl methyl sites for hydroxylation is 2. The van der Waals surface area contributed by atoms with Gasteiger partial charge in [-0.25, -0.2) is 8.42 Å². The van der Waals surface area contributed by atoms with Crippen molar-refractivity contribution in [2.24, 2.45) is 0 Å². The molecule has 7 nitrogen and oxygen atoms in total. The number of hydrogen-bond donors (Lipinski definition) is 1. The lowest BCUT2D eigenvalue weighted by molar-refractivity contribution is -0.140. The van der Waals surface area contributed by atoms with Crippen LogP contribution in [-0.2, 0) is 26.2 Å². The van der Waals surface area contributed by atoms with Gasteiger partial charge in [0.15, 0.2) is 0 Å². The Morgan fingerprint density at radius 3 is 2.40 bits per heavy atom. The normalized spacial score (nSPS) is 12.2. The number of halogens is 1. The maximum absolute atomic E-state index is 13.3. The van der Waals surface area contributed by atoms with E-state index in [1.54, 1.807) is 31.2 Å². The fourth-order valence-electron chi connectivity index (χ4n) is 3.70. The van der Waals surface area contributed by atoms with Crippen molar-refractivity contribution >= 4 is 39.1 Å². The Hall–Kier alpha value is -2.58. The standard InChI is InChI=1S/C26H36ClN3O4S/c1-6-14-28-26(32)21(4)29(18-22-9-7-10-23(27)17-22)25(31)11-8-15-30(35(5,33)34)24-13-12-19(2)20(3)16-24/h7,9-10,12-13,16-17,21H,6,8,11,14-15,18H2,1-5H3,(H,28,32). The molecule has 1 unspecified atom stereocenters. The molecule has 1 N–H and O–H groups in total. The van der Waals surface area contributed by atoms with Gasteiger partial charge in [0.25, 0.3) is 0 Å². The molecule has 0 spiro atoms. The summed E-state index contributed by atoms with van der Waals surface area (Å²) in [5.74, 6) is -0.451. The number of carbonyl (C=O) groups excluding carboxylic acids is 2. The van der Waals surface area contributed by atoms with Gasteiger partial charge in [-0.15, -0.1) is 0 Å². The molecule has 0 aliphatic carbocycles. The molecule has 0 heterocycles. The molecule has 0 saturated heterocycles. The van der Waals surface area contributed by atoms with Crippen LogP contribution in [0.1, 0.15) is 49.8 Å². The number of amides is 2. The fraction of sp³-hybridized carbons (Fsp3) is 0.462. The van der Waals surface area contributed by atoms with Crippen molar-refractivity contribution < 1.29 is 18.0 Å². The van der Waals surface area contributed by atoms with Crippen molar-refractivity contribution in [1.29, 1.82) is 0 Å². The molecule has 0 radical (unpaired) electrons. The molecule has 192 valence electrons. The highest BCUT2D eigenvalue weighted by Crippen LogP contribution is 2.22. The molecule has 0 fully saturated rings. The Morgan fingerprint density at radius 2 is 1.80 bits per heavy atom. The molecule has 2 amide bonds. The predicted octanol–water partition coefficient (Wildman–Crippen LogP) is 4.45. The van der Waals surface area contributed by atoms with E-state index in [4.69, 9.17) is 11.6 Å². The maximum atomic E-state index is 13.3. The Kier molecular flexibility index (Phi) is 10.6. The molecule has 0 aromatic heterocycles. The highest BCUT2D eigenvalue weighted by atomic mass is 35.5. The number of sulfonamides is 1. The number of hydrogen-bond acceptors (Lipinski definition) is 4. The van der Waals surface area contributed by atoms with E-state index in [1.165, 1.54) is 9.21 Å². The first-order valence-electron chi connectivity index (χ1n) is 11.8. The van der Waals surface area contributed by atoms with Gasteiger partial charge in [0, 0.05) is 31.1 Å². The average Bonchev–Trinajstić information content (AvgIpc) is 2.79. The second-order valence-electron chi connectivity index (χ2n) is 8.83. The van der Waals surface area contributed by atoms with Gasteiger partial charge in [0.05, 0.1) is 11.9 Å². The van der Waals surface area contributed by atoms with Crippen LogP contribution in [0.5, 0.6) is 0 Å². The minimum atomic E-state index is -3.53. The number of anilines is 1. The summed E-state index contributed by atoms with van der Waals surface area (Å²) in [6, 6.07) is 12.0. The molecule has 0 saturated carbocycles. The molecule has 0 aliphatic heterocycles. The van der Waals surface area contributed by atoms with Crippen molar-refractivity contribution in [3.05, 3.63) is 64.2 Å². The summed E-state index contributed by atoms with van der Waals surface area (Å²) in [7, 11) is -3.53. The first-order chi connectivity index (χ1) is 16.4. The Bertz CT molecular complexity index is 1140. The topological polar surface area (TPSA) is 86.8 Å². The van der Waals surface area contributed by atoms with E-state index in [9.17, 15) is 18.0 Å². The summed E-state index contributed by atoms with van der Waals surface area (Å²) >= 11 is 6.11. The number of nitrogens with zero attached hydrogens (tertiary/aromatic N) is 2. The first kappa shape index (κ1) is 28.7. The number of benzene rings is 2. The zero-order valence-corrected chi connectivity index (χ0v) is 22.7. The number of rotatable bonds is 12. The molecule has 0 bridgehead atoms. The van der Waals surface area contributed by atoms with E-state index in [0.29, 0.717) is 23.7 Å². The molecule has 2 aromatic carbocycles. The van der Waals surface area contributed by atoms with Crippen LogP contribution in [-0.4, -0.2) is 50.5 Å². The second kappa shape index (κ2) is 12.9. The molecule has 35 heavy (non-hydrogen) atoms. The van der Waals surface area contributed by atoms with Crippen molar-refractivity contribution in [3.8, 4) is 0 Å². The highest BCUT2D eigenvalue weighted by Gasteiger charge is 2.26. The highest BCUT2D eigenvalue weighted by molar-refractivity contribution is 7.92. The Balaban J connectivity index is 2.17. The third kappa shape index (κ3) is 8.54. The smallest absolute Gasteiger partial charge is 0.242 e. The lowest BCUT2D eigenvalue weighted by Gasteiger charge is -2.29. The van der Waals surface area contributed by atoms with Gasteiger partial charge in [-0.3, -0.25) is 13.9 Å². The summed E-state index contributed by atoms with van der Waals surface area (Å²) in [5.41, 5.74) is 3.45. The Morgan fingerprint density at radius 1 is 1.09 bits per heavy atom. The first-order valence-corrected chi connectivity index (χ1v) is 14.0. The predicted molar refractivity (Wildman–Crippen MR) is 142 cm³/mol. The summed E-state index contributed by atoms with van der Waals surface area (Å²) in [6.45, 7) is 8.48. The van der Waals surface area contributed by atoms with Crippen molar-refractivity contribution in [3.63, 3.8) is 0 Å². The van der Waals surface area contributed by atoms with Gasteiger partial charge in [-0.1, -0.05) is 36.7 Å². The van der Waals surface area contributed by atoms with Crippen LogP contribution in [0.3, 0.4) is 0 Å². The molecule has 2 rings (SSSR count). The van der Waals surface area contributed by atoms with Crippen LogP contribution in [0.25, 0.3) is 0 Å². The van der Waals surface area contributed by atoms with Crippen molar-refractivity contribution in [1.82, 2.24) is 10.2 Å². The van der Waals surface area contributed by atoms with Gasteiger partial charge >= 0.3 is 0 Å². The van der Waals surface area contributed by atoms with Crippen LogP contribution in [0.4, 0.5) is 5.69 Å². The molecular formula is C26H36ClN3O4S. The van der Waals surface area contributed by atoms with Crippen LogP contribution in [0.15, 0.2) is 42.5 Å². The average molecular weight is 522 g/mol. The van der Waals surface area contributed by atoms with E-state index in [1.807, 2.05) is 39.0 Å². The van der Waals surface area contributed by atoms with E-state index in [2.05, 4.69) is 5.32 Å². The quantitative estimate of drug-likeness (QED) is 0.447. The zero-order valence-electron chi connectivity index (χ0n) is 21.2. The summed E-state index contributed by atoms with van der Waals surface area (Å²) in [6.07, 6.45) is 2.37. The fourth-order valence-corrected chi connectivity index (χ4v) is 4.87. The van der Waals surface area contributed by atoms with Gasteiger partial charge in [0.2, 0.25) is 21.8 Å². The van der Waals surface area contributed by atoms with Gasteiger partial charge < -0.3 is 10.2 Å². The van der Waals surface area contributed by atoms with Crippen LogP contribution in [0, 0.1) is 13.8 Å². The van der Waals surface area contributed by atoms with E-state index >= 15 is 0 Å². The third-order valence-electron chi connectivity index (χ3n) is 5.89. The van der Waals surface area contributed by atoms with Crippen LogP contribution in [0.2, 0.25) is 5.02 Å². The zero-order chi connectivity index (χ0) is 26.2. The largest absolute Gasteiger partial charge is 0.354 e. The second-order valence-corrected chi connectivity index (χ2v) is 11.2. The van der Waals surface area contributed by atoms with Gasteiger partial charge in [-0.2, -0.15) is 0 Å². The molecule has 2 aromatic rings. The van der Waals surface area contributed by atoms with E-state index in [0.717, 1.165) is 29.4 Å². The minimum Gasteiger partial charge on any atom is -0.354 e. The monoisotopic (exact) mass is 521 g/mol. The van der Waals surface area contributed by atoms with Crippen molar-refractivity contribution in [2.75, 3.05) is 23.7 Å². The van der Waals surface area contributed by atoms with Gasteiger partial charge in [-0.05, 0) is 74.6 Å². The third-order valence-corrected chi connectivity index (χ3v) is 7.32. The molecular weight excluding hydrogens is 486 g/mol. The molecule has 1 atom stereocenters. The molecule has 0 aliphatic rings. The van der Waals surface area contributed by atoms with E-state index < -0.39 is 16.1 Å². The van der Waals surface area contributed by atoms with E-state index in [-0.39, 0.29) is 31.3 Å². The maximum Gasteiger partial charge on any atom is 0.242 e. The van der Waals surface area contributed by atoms with Crippen molar-refractivity contribution in [2.45, 2.75) is 59.5 Å². The minimum absolute atomic E-state index is 0.100. The van der Waals surface area contributed by atoms with Gasteiger partial charge in [0.1, 0.15) is 6.04 Å². The lowest BCUT2D eigenvalue weighted by Crippen LogP contribution is -2.47. The molecule has 9 heteroatoms. The number of nitrogens with one attached hydrogen (secondary N) is 1. The summed E-state index contributed by atoms with van der Waals surface area (Å²) in [5, 5.41) is 3.39. The number of carbonyl (C=O) groups is 2. The summed E-state index contributed by atoms with van der Waals surface area (Å²) in [4.78, 5) is 27.4. The summed E-state index contributed by atoms with van der Waals surface area (Å²) < 4.78 is 26.3. The van der Waals surface area contributed by atoms with Crippen LogP contribution >= 0.6 is 11.6 Å². The Labute approximate surface area is 214 Å². The lowest BCUT2D eigenvalue weighted by atomic mass is 10.1. The SMILES string of the molecule is CCCNC(=O)C(C)N(Cc1cccc(Cl)c1)C(=O)CCCN(c1ccc(C)c(C)c1)S(C)(=O)=O. The van der Waals surface area contributed by atoms with Crippen LogP contribution < -0.4 is 9.62 Å².